The van der Waals surface area contributed by atoms with E-state index in [1.165, 1.54) is 31.2 Å². The van der Waals surface area contributed by atoms with Crippen molar-refractivity contribution in [2.24, 2.45) is 5.73 Å². The van der Waals surface area contributed by atoms with Crippen LogP contribution in [-0.4, -0.2) is 6.10 Å². The van der Waals surface area contributed by atoms with E-state index >= 15 is 0 Å². The van der Waals surface area contributed by atoms with Gasteiger partial charge in [0.25, 0.3) is 0 Å². The molecule has 0 saturated heterocycles. The molecule has 0 bridgehead atoms. The molecule has 0 saturated carbocycles. The lowest BCUT2D eigenvalue weighted by Gasteiger charge is -2.19. The van der Waals surface area contributed by atoms with Crippen molar-refractivity contribution in [2.75, 3.05) is 0 Å². The Morgan fingerprint density at radius 1 is 1.28 bits per heavy atom. The predicted molar refractivity (Wildman–Crippen MR) is 75.7 cm³/mol. The summed E-state index contributed by atoms with van der Waals surface area (Å²) in [7, 11) is 0. The Morgan fingerprint density at radius 2 is 2.17 bits per heavy atom. The largest absolute Gasteiger partial charge is 0.486 e. The van der Waals surface area contributed by atoms with Gasteiger partial charge in [-0.1, -0.05) is 30.2 Å². The Morgan fingerprint density at radius 3 is 3.00 bits per heavy atom. The van der Waals surface area contributed by atoms with E-state index in [9.17, 15) is 0 Å². The van der Waals surface area contributed by atoms with Gasteiger partial charge in [-0.3, -0.25) is 0 Å². The van der Waals surface area contributed by atoms with Crippen LogP contribution in [0.3, 0.4) is 0 Å². The van der Waals surface area contributed by atoms with Crippen LogP contribution in [0.4, 0.5) is 0 Å². The zero-order valence-electron chi connectivity index (χ0n) is 11.2. The second-order valence-corrected chi connectivity index (χ2v) is 5.04. The Labute approximate surface area is 110 Å². The van der Waals surface area contributed by atoms with E-state index in [0.717, 1.165) is 17.7 Å². The Bertz CT molecular complexity index is 412. The molecule has 18 heavy (non-hydrogen) atoms. The quantitative estimate of drug-likeness (QED) is 0.824. The summed E-state index contributed by atoms with van der Waals surface area (Å²) in [4.78, 5) is 0. The fourth-order valence-electron chi connectivity index (χ4n) is 2.37. The van der Waals surface area contributed by atoms with E-state index < -0.39 is 0 Å². The summed E-state index contributed by atoms with van der Waals surface area (Å²) in [5.41, 5.74) is 8.12. The normalized spacial score (nSPS) is 22.0. The molecule has 2 nitrogen and oxygen atoms in total. The third-order valence-corrected chi connectivity index (χ3v) is 3.42. The zero-order chi connectivity index (χ0) is 12.8. The van der Waals surface area contributed by atoms with Crippen molar-refractivity contribution in [1.82, 2.24) is 0 Å². The first-order chi connectivity index (χ1) is 8.79. The van der Waals surface area contributed by atoms with Gasteiger partial charge < -0.3 is 10.5 Å². The lowest BCUT2D eigenvalue weighted by molar-refractivity contribution is 0.229. The highest BCUT2D eigenvalue weighted by molar-refractivity contribution is 5.37. The van der Waals surface area contributed by atoms with E-state index in [-0.39, 0.29) is 6.10 Å². The average Bonchev–Trinajstić information content (AvgIpc) is 2.34. The summed E-state index contributed by atoms with van der Waals surface area (Å²) in [6.45, 7) is 2.62. The summed E-state index contributed by atoms with van der Waals surface area (Å²) >= 11 is 0. The number of ether oxygens (including phenoxy) is 1. The highest BCUT2D eigenvalue weighted by atomic mass is 16.5. The monoisotopic (exact) mass is 245 g/mol. The molecule has 0 amide bonds. The molecule has 2 heteroatoms. The van der Waals surface area contributed by atoms with Gasteiger partial charge in [-0.2, -0.15) is 0 Å². The molecule has 0 aliphatic heterocycles. The number of benzene rings is 1. The zero-order valence-corrected chi connectivity index (χ0v) is 11.2. The van der Waals surface area contributed by atoms with E-state index in [2.05, 4.69) is 31.2 Å². The molecule has 2 N–H and O–H groups in total. The number of aryl methyl sites for hydroxylation is 1. The van der Waals surface area contributed by atoms with E-state index in [4.69, 9.17) is 10.5 Å². The minimum Gasteiger partial charge on any atom is -0.486 e. The van der Waals surface area contributed by atoms with Gasteiger partial charge in [0.2, 0.25) is 0 Å². The van der Waals surface area contributed by atoms with Crippen LogP contribution < -0.4 is 10.5 Å². The number of nitrogens with two attached hydrogens (primary N) is 1. The first kappa shape index (κ1) is 13.2. The topological polar surface area (TPSA) is 35.2 Å². The Kier molecular flexibility index (Phi) is 4.82. The van der Waals surface area contributed by atoms with Crippen LogP contribution in [0.5, 0.6) is 5.75 Å². The van der Waals surface area contributed by atoms with E-state index in [0.29, 0.717) is 6.54 Å². The lowest BCUT2D eigenvalue weighted by atomic mass is 10.0. The second kappa shape index (κ2) is 6.60. The van der Waals surface area contributed by atoms with Gasteiger partial charge in [0.1, 0.15) is 11.9 Å². The van der Waals surface area contributed by atoms with Crippen LogP contribution in [0.1, 0.15) is 43.2 Å². The second-order valence-electron chi connectivity index (χ2n) is 5.04. The SMILES string of the molecule is Cc1ccc(OC2/C=C/CCCCC2)c(CN)c1. The molecule has 0 spiro atoms. The number of hydrogen-bond donors (Lipinski definition) is 1. The van der Waals surface area contributed by atoms with Gasteiger partial charge in [0.05, 0.1) is 0 Å². The van der Waals surface area contributed by atoms with Gasteiger partial charge in [0.15, 0.2) is 0 Å². The average molecular weight is 245 g/mol. The van der Waals surface area contributed by atoms with Crippen molar-refractivity contribution in [1.29, 1.82) is 0 Å². The minimum absolute atomic E-state index is 0.207. The summed E-state index contributed by atoms with van der Waals surface area (Å²) in [5.74, 6) is 0.943. The first-order valence-corrected chi connectivity index (χ1v) is 6.92. The van der Waals surface area contributed by atoms with Gasteiger partial charge in [-0.25, -0.2) is 0 Å². The van der Waals surface area contributed by atoms with Crippen molar-refractivity contribution in [3.05, 3.63) is 41.5 Å². The highest BCUT2D eigenvalue weighted by Gasteiger charge is 2.11. The molecule has 2 rings (SSSR count). The smallest absolute Gasteiger partial charge is 0.124 e. The van der Waals surface area contributed by atoms with Crippen LogP contribution in [0.25, 0.3) is 0 Å². The van der Waals surface area contributed by atoms with Crippen molar-refractivity contribution >= 4 is 0 Å². The molecule has 1 aliphatic rings. The van der Waals surface area contributed by atoms with E-state index in [1.807, 2.05) is 6.07 Å². The van der Waals surface area contributed by atoms with Crippen LogP contribution in [0.15, 0.2) is 30.4 Å². The molecule has 0 heterocycles. The van der Waals surface area contributed by atoms with Crippen LogP contribution in [0, 0.1) is 6.92 Å². The maximum absolute atomic E-state index is 6.10. The number of allylic oxidation sites excluding steroid dienone is 1. The van der Waals surface area contributed by atoms with E-state index in [1.54, 1.807) is 0 Å². The van der Waals surface area contributed by atoms with Gasteiger partial charge in [0, 0.05) is 12.1 Å². The van der Waals surface area contributed by atoms with Gasteiger partial charge in [-0.15, -0.1) is 0 Å². The van der Waals surface area contributed by atoms with Gasteiger partial charge >= 0.3 is 0 Å². The van der Waals surface area contributed by atoms with Crippen LogP contribution >= 0.6 is 0 Å². The van der Waals surface area contributed by atoms with Gasteiger partial charge in [-0.05, 0) is 44.7 Å². The fraction of sp³-hybridized carbons (Fsp3) is 0.500. The summed E-state index contributed by atoms with van der Waals surface area (Å²) < 4.78 is 6.10. The predicted octanol–water partition coefficient (Wildman–Crippen LogP) is 3.72. The molecular weight excluding hydrogens is 222 g/mol. The van der Waals surface area contributed by atoms with Crippen molar-refractivity contribution in [3.8, 4) is 5.75 Å². The number of hydrogen-bond acceptors (Lipinski definition) is 2. The highest BCUT2D eigenvalue weighted by Crippen LogP contribution is 2.23. The molecule has 1 aromatic carbocycles. The Hall–Kier alpha value is -1.28. The Balaban J connectivity index is 2.09. The first-order valence-electron chi connectivity index (χ1n) is 6.92. The third-order valence-electron chi connectivity index (χ3n) is 3.42. The molecule has 1 unspecified atom stereocenters. The third kappa shape index (κ3) is 3.61. The molecule has 1 atom stereocenters. The number of rotatable bonds is 3. The summed E-state index contributed by atoms with van der Waals surface area (Å²) in [5, 5.41) is 0. The molecule has 1 aromatic rings. The molecule has 0 fully saturated rings. The van der Waals surface area contributed by atoms with Crippen LogP contribution in [0.2, 0.25) is 0 Å². The molecular formula is C16H23NO. The lowest BCUT2D eigenvalue weighted by Crippen LogP contribution is -2.16. The molecule has 98 valence electrons. The maximum atomic E-state index is 6.10. The molecule has 1 aliphatic carbocycles. The standard InChI is InChI=1S/C16H23NO/c1-13-9-10-16(14(11-13)12-17)18-15-7-5-3-2-4-6-8-15/h5,7,9-11,15H,2-4,6,8,12,17H2,1H3/b7-5+. The van der Waals surface area contributed by atoms with Crippen LogP contribution in [-0.2, 0) is 6.54 Å². The maximum Gasteiger partial charge on any atom is 0.124 e. The minimum atomic E-state index is 0.207. The van der Waals surface area contributed by atoms with Crippen molar-refractivity contribution < 1.29 is 4.74 Å². The molecule has 0 radical (unpaired) electrons. The van der Waals surface area contributed by atoms with Crippen molar-refractivity contribution in [2.45, 2.75) is 51.7 Å². The summed E-state index contributed by atoms with van der Waals surface area (Å²) in [6, 6.07) is 6.24. The summed E-state index contributed by atoms with van der Waals surface area (Å²) in [6.07, 6.45) is 10.8. The fourth-order valence-corrected chi connectivity index (χ4v) is 2.37. The molecule has 0 aromatic heterocycles. The van der Waals surface area contributed by atoms with Crippen molar-refractivity contribution in [3.63, 3.8) is 0 Å².